The highest BCUT2D eigenvalue weighted by Gasteiger charge is 2.31. The van der Waals surface area contributed by atoms with E-state index in [9.17, 15) is 8.42 Å². The van der Waals surface area contributed by atoms with E-state index in [-0.39, 0.29) is 0 Å². The molecule has 1 aromatic carbocycles. The van der Waals surface area contributed by atoms with Gasteiger partial charge in [-0.2, -0.15) is 4.31 Å². The molecule has 154 valence electrons. The van der Waals surface area contributed by atoms with Crippen molar-refractivity contribution >= 4 is 27.0 Å². The molecule has 1 saturated heterocycles. The summed E-state index contributed by atoms with van der Waals surface area (Å²) >= 11 is 1.42. The Hall–Kier alpha value is -2.16. The van der Waals surface area contributed by atoms with Crippen LogP contribution in [0.4, 0.5) is 5.69 Å². The van der Waals surface area contributed by atoms with E-state index in [1.165, 1.54) is 28.2 Å². The van der Waals surface area contributed by atoms with Gasteiger partial charge in [-0.1, -0.05) is 17.3 Å². The summed E-state index contributed by atoms with van der Waals surface area (Å²) in [5, 5.41) is 3.90. The zero-order valence-corrected chi connectivity index (χ0v) is 18.7. The quantitative estimate of drug-likeness (QED) is 0.621. The van der Waals surface area contributed by atoms with Crippen molar-refractivity contribution in [2.24, 2.45) is 0 Å². The molecule has 0 saturated carbocycles. The molecule has 4 rings (SSSR count). The lowest BCUT2D eigenvalue weighted by Crippen LogP contribution is -2.48. The van der Waals surface area contributed by atoms with Crippen molar-refractivity contribution in [2.45, 2.75) is 32.6 Å². The number of hydrogen-bond donors (Lipinski definition) is 0. The molecule has 0 N–H and O–H groups in total. The number of rotatable bonds is 4. The molecule has 1 fully saturated rings. The van der Waals surface area contributed by atoms with Crippen molar-refractivity contribution in [1.82, 2.24) is 9.46 Å². The standard InChI is InChI=1S/C21H25N3O3S2/c1-14-6-5-7-18(16(14)3)23-8-10-24(11-9-23)29(25,26)21-13-20(28-17(21)4)19-12-15(2)22-27-19/h5-7,12-13H,8-11H2,1-4H3. The first kappa shape index (κ1) is 20.1. The predicted octanol–water partition coefficient (Wildman–Crippen LogP) is 4.15. The largest absolute Gasteiger partial charge is 0.369 e. The molecule has 0 unspecified atom stereocenters. The van der Waals surface area contributed by atoms with Crippen molar-refractivity contribution < 1.29 is 12.9 Å². The number of thiophene rings is 1. The van der Waals surface area contributed by atoms with Crippen molar-refractivity contribution in [3.05, 3.63) is 52.0 Å². The van der Waals surface area contributed by atoms with Crippen LogP contribution in [0, 0.1) is 27.7 Å². The van der Waals surface area contributed by atoms with Gasteiger partial charge >= 0.3 is 0 Å². The van der Waals surface area contributed by atoms with Gasteiger partial charge in [-0.05, 0) is 51.0 Å². The van der Waals surface area contributed by atoms with Crippen molar-refractivity contribution in [3.8, 4) is 10.6 Å². The zero-order valence-electron chi connectivity index (χ0n) is 17.1. The maximum absolute atomic E-state index is 13.3. The second kappa shape index (κ2) is 7.59. The second-order valence-electron chi connectivity index (χ2n) is 7.47. The lowest BCUT2D eigenvalue weighted by molar-refractivity contribution is 0.384. The third-order valence-electron chi connectivity index (χ3n) is 5.52. The molecule has 0 spiro atoms. The Balaban J connectivity index is 1.54. The van der Waals surface area contributed by atoms with Gasteiger partial charge in [-0.25, -0.2) is 8.42 Å². The lowest BCUT2D eigenvalue weighted by Gasteiger charge is -2.36. The van der Waals surface area contributed by atoms with E-state index in [0.29, 0.717) is 36.8 Å². The molecule has 0 amide bonds. The fourth-order valence-corrected chi connectivity index (χ4v) is 6.64. The number of aryl methyl sites for hydroxylation is 3. The van der Waals surface area contributed by atoms with Gasteiger partial charge in [0, 0.05) is 42.8 Å². The molecule has 0 bridgehead atoms. The van der Waals surface area contributed by atoms with Crippen LogP contribution in [-0.2, 0) is 10.0 Å². The van der Waals surface area contributed by atoms with E-state index in [1.54, 1.807) is 10.4 Å². The van der Waals surface area contributed by atoms with E-state index >= 15 is 0 Å². The van der Waals surface area contributed by atoms with Crippen LogP contribution in [0.3, 0.4) is 0 Å². The summed E-state index contributed by atoms with van der Waals surface area (Å²) in [5.74, 6) is 0.608. The summed E-state index contributed by atoms with van der Waals surface area (Å²) in [6.07, 6.45) is 0. The summed E-state index contributed by atoms with van der Waals surface area (Å²) < 4.78 is 33.5. The average molecular weight is 432 g/mol. The molecule has 3 aromatic rings. The van der Waals surface area contributed by atoms with Crippen LogP contribution in [0.5, 0.6) is 0 Å². The van der Waals surface area contributed by atoms with Crippen molar-refractivity contribution in [2.75, 3.05) is 31.1 Å². The molecule has 0 atom stereocenters. The third-order valence-corrected chi connectivity index (χ3v) is 8.74. The molecule has 1 aliphatic rings. The highest BCUT2D eigenvalue weighted by molar-refractivity contribution is 7.89. The topological polar surface area (TPSA) is 66.7 Å². The summed E-state index contributed by atoms with van der Waals surface area (Å²) in [4.78, 5) is 4.20. The summed E-state index contributed by atoms with van der Waals surface area (Å²) in [5.41, 5.74) is 4.47. The maximum atomic E-state index is 13.3. The van der Waals surface area contributed by atoms with Gasteiger partial charge < -0.3 is 9.42 Å². The molecular formula is C21H25N3O3S2. The number of benzene rings is 1. The third kappa shape index (κ3) is 3.72. The fraction of sp³-hybridized carbons (Fsp3) is 0.381. The van der Waals surface area contributed by atoms with Crippen LogP contribution in [0.25, 0.3) is 10.6 Å². The Morgan fingerprint density at radius 3 is 2.41 bits per heavy atom. The number of anilines is 1. The first-order valence-corrected chi connectivity index (χ1v) is 11.9. The fourth-order valence-electron chi connectivity index (χ4n) is 3.71. The second-order valence-corrected chi connectivity index (χ2v) is 10.6. The van der Waals surface area contributed by atoms with Crippen LogP contribution < -0.4 is 4.90 Å². The van der Waals surface area contributed by atoms with E-state index in [2.05, 4.69) is 42.1 Å². The monoisotopic (exact) mass is 431 g/mol. The Labute approximate surface area is 175 Å². The lowest BCUT2D eigenvalue weighted by atomic mass is 10.1. The molecular weight excluding hydrogens is 406 g/mol. The summed E-state index contributed by atoms with van der Waals surface area (Å²) in [7, 11) is -3.54. The van der Waals surface area contributed by atoms with Crippen LogP contribution in [0.2, 0.25) is 0 Å². The number of sulfonamides is 1. The maximum Gasteiger partial charge on any atom is 0.244 e. The smallest absolute Gasteiger partial charge is 0.244 e. The van der Waals surface area contributed by atoms with Gasteiger partial charge in [0.05, 0.1) is 15.5 Å². The minimum absolute atomic E-state index is 0.367. The van der Waals surface area contributed by atoms with E-state index in [1.807, 2.05) is 19.9 Å². The highest BCUT2D eigenvalue weighted by atomic mass is 32.2. The Morgan fingerprint density at radius 2 is 1.76 bits per heavy atom. The zero-order chi connectivity index (χ0) is 20.8. The predicted molar refractivity (Wildman–Crippen MR) is 116 cm³/mol. The SMILES string of the molecule is Cc1cc(-c2cc(S(=O)(=O)N3CCN(c4cccc(C)c4C)CC3)c(C)s2)on1. The normalized spacial score (nSPS) is 15.8. The number of nitrogens with zero attached hydrogens (tertiary/aromatic N) is 3. The molecule has 8 heteroatoms. The van der Waals surface area contributed by atoms with Crippen LogP contribution in [0.15, 0.2) is 39.8 Å². The molecule has 3 heterocycles. The first-order chi connectivity index (χ1) is 13.8. The average Bonchev–Trinajstić information content (AvgIpc) is 3.30. The van der Waals surface area contributed by atoms with Gasteiger partial charge in [0.15, 0.2) is 5.76 Å². The van der Waals surface area contributed by atoms with E-state index in [0.717, 1.165) is 15.4 Å². The van der Waals surface area contributed by atoms with Gasteiger partial charge in [-0.15, -0.1) is 11.3 Å². The molecule has 0 radical (unpaired) electrons. The van der Waals surface area contributed by atoms with E-state index in [4.69, 9.17) is 4.52 Å². The van der Waals surface area contributed by atoms with E-state index < -0.39 is 10.0 Å². The van der Waals surface area contributed by atoms with Crippen LogP contribution >= 0.6 is 11.3 Å². The summed E-state index contributed by atoms with van der Waals surface area (Å²) in [6, 6.07) is 9.81. The van der Waals surface area contributed by atoms with Crippen LogP contribution in [0.1, 0.15) is 21.7 Å². The summed E-state index contributed by atoms with van der Waals surface area (Å²) in [6.45, 7) is 10.2. The van der Waals surface area contributed by atoms with Gasteiger partial charge in [-0.3, -0.25) is 0 Å². The van der Waals surface area contributed by atoms with Gasteiger partial charge in [0.1, 0.15) is 0 Å². The molecule has 0 aliphatic carbocycles. The number of hydrogen-bond acceptors (Lipinski definition) is 6. The minimum Gasteiger partial charge on any atom is -0.369 e. The molecule has 1 aliphatic heterocycles. The Kier molecular flexibility index (Phi) is 5.27. The molecule has 2 aromatic heterocycles. The first-order valence-electron chi connectivity index (χ1n) is 9.63. The van der Waals surface area contributed by atoms with Gasteiger partial charge in [0.25, 0.3) is 0 Å². The van der Waals surface area contributed by atoms with Gasteiger partial charge in [0.2, 0.25) is 10.0 Å². The van der Waals surface area contributed by atoms with Crippen molar-refractivity contribution in [1.29, 1.82) is 0 Å². The number of aromatic nitrogens is 1. The molecule has 29 heavy (non-hydrogen) atoms. The van der Waals surface area contributed by atoms with Crippen molar-refractivity contribution in [3.63, 3.8) is 0 Å². The Morgan fingerprint density at radius 1 is 1.03 bits per heavy atom. The Bertz CT molecular complexity index is 1140. The van der Waals surface area contributed by atoms with Crippen LogP contribution in [-0.4, -0.2) is 44.1 Å². The number of piperazine rings is 1. The minimum atomic E-state index is -3.54. The highest BCUT2D eigenvalue weighted by Crippen LogP contribution is 2.35. The molecule has 6 nitrogen and oxygen atoms in total.